The minimum atomic E-state index is -0.0548. The lowest BCUT2D eigenvalue weighted by molar-refractivity contribution is 0.105. The number of hydrogen-bond donors (Lipinski definition) is 1. The quantitative estimate of drug-likeness (QED) is 0.448. The first-order valence-corrected chi connectivity index (χ1v) is 8.10. The molecule has 0 saturated carbocycles. The summed E-state index contributed by atoms with van der Waals surface area (Å²) in [6.45, 7) is 0. The van der Waals surface area contributed by atoms with Crippen LogP contribution in [0.4, 0.5) is 0 Å². The Morgan fingerprint density at radius 2 is 1.76 bits per heavy atom. The molecular weight excluding hydrogens is 310 g/mol. The Kier molecular flexibility index (Phi) is 3.78. The molecule has 2 heterocycles. The molecule has 25 heavy (non-hydrogen) atoms. The molecule has 0 radical (unpaired) electrons. The van der Waals surface area contributed by atoms with Gasteiger partial charge in [0.2, 0.25) is 0 Å². The van der Waals surface area contributed by atoms with E-state index in [1.165, 1.54) is 0 Å². The molecule has 0 amide bonds. The number of benzene rings is 2. The fourth-order valence-corrected chi connectivity index (χ4v) is 2.84. The summed E-state index contributed by atoms with van der Waals surface area (Å²) in [5.41, 5.74) is 3.89. The maximum atomic E-state index is 13.1. The maximum Gasteiger partial charge on any atom is 0.196 e. The number of aryl methyl sites for hydroxylation is 1. The van der Waals surface area contributed by atoms with Crippen LogP contribution in [-0.4, -0.2) is 20.3 Å². The normalized spacial score (nSPS) is 11.8. The van der Waals surface area contributed by atoms with Crippen LogP contribution in [0.3, 0.4) is 0 Å². The van der Waals surface area contributed by atoms with Crippen LogP contribution >= 0.6 is 0 Å². The summed E-state index contributed by atoms with van der Waals surface area (Å²) in [6.07, 6.45) is 3.84. The Hall–Kier alpha value is -3.40. The van der Waals surface area contributed by atoms with Gasteiger partial charge in [0.1, 0.15) is 5.82 Å². The van der Waals surface area contributed by atoms with Crippen molar-refractivity contribution >= 4 is 28.5 Å². The van der Waals surface area contributed by atoms with Gasteiger partial charge in [-0.25, -0.2) is 4.98 Å². The first kappa shape index (κ1) is 15.1. The minimum absolute atomic E-state index is 0.0548. The van der Waals surface area contributed by atoms with Crippen molar-refractivity contribution in [1.82, 2.24) is 14.5 Å². The number of Topliss-reactive ketones (excluding diaryl/α,β-unsaturated/α-hetero) is 1. The van der Waals surface area contributed by atoms with Gasteiger partial charge in [-0.3, -0.25) is 4.79 Å². The van der Waals surface area contributed by atoms with Gasteiger partial charge in [0.05, 0.1) is 16.6 Å². The molecule has 0 aliphatic carbocycles. The van der Waals surface area contributed by atoms with Gasteiger partial charge >= 0.3 is 0 Å². The largest absolute Gasteiger partial charge is 0.351 e. The fraction of sp³-hybridized carbons (Fsp3) is 0.0476. The Bertz CT molecular complexity index is 1040. The SMILES string of the molecule is Cn1cccc1/C=C(/C(=O)c1ccccc1)c1nc2ccccc2[nH]1. The summed E-state index contributed by atoms with van der Waals surface area (Å²) in [7, 11) is 1.95. The molecule has 0 bridgehead atoms. The third-order valence-electron chi connectivity index (χ3n) is 4.20. The van der Waals surface area contributed by atoms with E-state index in [1.807, 2.05) is 90.6 Å². The smallest absolute Gasteiger partial charge is 0.196 e. The van der Waals surface area contributed by atoms with Gasteiger partial charge in [-0.1, -0.05) is 42.5 Å². The monoisotopic (exact) mass is 327 g/mol. The third kappa shape index (κ3) is 2.90. The van der Waals surface area contributed by atoms with Gasteiger partial charge in [-0.2, -0.15) is 0 Å². The average molecular weight is 327 g/mol. The number of hydrogen-bond acceptors (Lipinski definition) is 2. The molecule has 4 heteroatoms. The number of para-hydroxylation sites is 2. The van der Waals surface area contributed by atoms with E-state index < -0.39 is 0 Å². The van der Waals surface area contributed by atoms with E-state index in [2.05, 4.69) is 9.97 Å². The van der Waals surface area contributed by atoms with Crippen LogP contribution in [0.1, 0.15) is 21.9 Å². The van der Waals surface area contributed by atoms with Crippen LogP contribution in [-0.2, 0) is 7.05 Å². The Labute approximate surface area is 145 Å². The molecule has 2 aromatic heterocycles. The number of nitrogens with one attached hydrogen (secondary N) is 1. The highest BCUT2D eigenvalue weighted by Crippen LogP contribution is 2.23. The number of fused-ring (bicyclic) bond motifs is 1. The van der Waals surface area contributed by atoms with Crippen LogP contribution in [0.25, 0.3) is 22.7 Å². The van der Waals surface area contributed by atoms with Crippen molar-refractivity contribution in [2.75, 3.05) is 0 Å². The average Bonchev–Trinajstić information content (AvgIpc) is 3.25. The van der Waals surface area contributed by atoms with Crippen LogP contribution in [0, 0.1) is 0 Å². The summed E-state index contributed by atoms with van der Waals surface area (Å²) in [5, 5.41) is 0. The molecule has 1 N–H and O–H groups in total. The molecule has 122 valence electrons. The number of allylic oxidation sites excluding steroid dienone is 1. The summed E-state index contributed by atoms with van der Waals surface area (Å²) in [5.74, 6) is 0.525. The van der Waals surface area contributed by atoms with E-state index in [0.29, 0.717) is 17.0 Å². The highest BCUT2D eigenvalue weighted by Gasteiger charge is 2.18. The van der Waals surface area contributed by atoms with Gasteiger partial charge in [-0.15, -0.1) is 0 Å². The van der Waals surface area contributed by atoms with E-state index in [1.54, 1.807) is 0 Å². The number of nitrogens with zero attached hydrogens (tertiary/aromatic N) is 2. The molecule has 0 atom stereocenters. The zero-order chi connectivity index (χ0) is 17.2. The lowest BCUT2D eigenvalue weighted by Crippen LogP contribution is -2.05. The third-order valence-corrected chi connectivity index (χ3v) is 4.20. The molecule has 0 unspecified atom stereocenters. The van der Waals surface area contributed by atoms with E-state index >= 15 is 0 Å². The summed E-state index contributed by atoms with van der Waals surface area (Å²) in [4.78, 5) is 21.0. The van der Waals surface area contributed by atoms with E-state index in [0.717, 1.165) is 16.7 Å². The van der Waals surface area contributed by atoms with E-state index in [9.17, 15) is 4.79 Å². The lowest BCUT2D eigenvalue weighted by Gasteiger charge is -2.05. The second kappa shape index (κ2) is 6.24. The molecule has 4 nitrogen and oxygen atoms in total. The number of H-pyrrole nitrogens is 1. The zero-order valence-corrected chi connectivity index (χ0v) is 13.8. The number of rotatable bonds is 4. The van der Waals surface area contributed by atoms with Gasteiger partial charge < -0.3 is 9.55 Å². The molecule has 4 aromatic rings. The van der Waals surface area contributed by atoms with Gasteiger partial charge in [0, 0.05) is 24.5 Å². The first-order chi connectivity index (χ1) is 12.2. The lowest BCUT2D eigenvalue weighted by atomic mass is 10.0. The number of carbonyl (C=O) groups is 1. The standard InChI is InChI=1S/C21H17N3O/c1-24-13-7-10-16(24)14-17(20(25)15-8-3-2-4-9-15)21-22-18-11-5-6-12-19(18)23-21/h2-14H,1H3,(H,22,23)/b17-14-. The predicted molar refractivity (Wildman–Crippen MR) is 100 cm³/mol. The summed E-state index contributed by atoms with van der Waals surface area (Å²) < 4.78 is 1.97. The first-order valence-electron chi connectivity index (χ1n) is 8.10. The molecule has 0 aliphatic heterocycles. The second-order valence-corrected chi connectivity index (χ2v) is 5.90. The number of ketones is 1. The molecule has 4 rings (SSSR count). The van der Waals surface area contributed by atoms with Crippen molar-refractivity contribution in [2.24, 2.45) is 7.05 Å². The van der Waals surface area contributed by atoms with E-state index in [-0.39, 0.29) is 5.78 Å². The second-order valence-electron chi connectivity index (χ2n) is 5.90. The molecule has 0 aliphatic rings. The van der Waals surface area contributed by atoms with Crippen LogP contribution in [0.5, 0.6) is 0 Å². The van der Waals surface area contributed by atoms with Crippen LogP contribution in [0.2, 0.25) is 0 Å². The number of aromatic amines is 1. The Morgan fingerprint density at radius 3 is 2.48 bits per heavy atom. The molecule has 0 saturated heterocycles. The maximum absolute atomic E-state index is 13.1. The molecule has 0 fully saturated rings. The van der Waals surface area contributed by atoms with Crippen molar-refractivity contribution in [1.29, 1.82) is 0 Å². The van der Waals surface area contributed by atoms with Crippen molar-refractivity contribution < 1.29 is 4.79 Å². The van der Waals surface area contributed by atoms with Crippen LogP contribution in [0.15, 0.2) is 72.9 Å². The summed E-state index contributed by atoms with van der Waals surface area (Å²) in [6, 6.07) is 21.0. The molecule has 0 spiro atoms. The van der Waals surface area contributed by atoms with Crippen molar-refractivity contribution in [3.05, 3.63) is 90.0 Å². The number of aromatic nitrogens is 3. The van der Waals surface area contributed by atoms with Crippen molar-refractivity contribution in [3.63, 3.8) is 0 Å². The van der Waals surface area contributed by atoms with Gasteiger partial charge in [-0.05, 0) is 30.3 Å². The van der Waals surface area contributed by atoms with E-state index in [4.69, 9.17) is 0 Å². The molecular formula is C21H17N3O. The van der Waals surface area contributed by atoms with Crippen molar-refractivity contribution in [3.8, 4) is 0 Å². The zero-order valence-electron chi connectivity index (χ0n) is 13.8. The number of imidazole rings is 1. The predicted octanol–water partition coefficient (Wildman–Crippen LogP) is 4.32. The Balaban J connectivity index is 1.88. The highest BCUT2D eigenvalue weighted by atomic mass is 16.1. The number of carbonyl (C=O) groups excluding carboxylic acids is 1. The van der Waals surface area contributed by atoms with Gasteiger partial charge in [0.25, 0.3) is 0 Å². The fourth-order valence-electron chi connectivity index (χ4n) is 2.84. The Morgan fingerprint density at radius 1 is 1.00 bits per heavy atom. The topological polar surface area (TPSA) is 50.7 Å². The summed E-state index contributed by atoms with van der Waals surface area (Å²) >= 11 is 0. The van der Waals surface area contributed by atoms with Gasteiger partial charge in [0.15, 0.2) is 5.78 Å². The van der Waals surface area contributed by atoms with Crippen LogP contribution < -0.4 is 0 Å². The van der Waals surface area contributed by atoms with Crippen molar-refractivity contribution in [2.45, 2.75) is 0 Å². The molecule has 2 aromatic carbocycles. The highest BCUT2D eigenvalue weighted by molar-refractivity contribution is 6.31. The minimum Gasteiger partial charge on any atom is -0.351 e.